The maximum Gasteiger partial charge on any atom is 0.306 e. The van der Waals surface area contributed by atoms with E-state index >= 15 is 0 Å². The highest BCUT2D eigenvalue weighted by Gasteiger charge is 2.13. The molecule has 0 N–H and O–H groups in total. The minimum atomic E-state index is -0.245. The van der Waals surface area contributed by atoms with Gasteiger partial charge in [-0.25, -0.2) is 0 Å². The monoisotopic (exact) mass is 239 g/mol. The van der Waals surface area contributed by atoms with Gasteiger partial charge in [0, 0.05) is 12.8 Å². The summed E-state index contributed by atoms with van der Waals surface area (Å²) < 4.78 is 6.20. The number of rotatable bonds is 4. The van der Waals surface area contributed by atoms with Gasteiger partial charge in [0.2, 0.25) is 0 Å². The summed E-state index contributed by atoms with van der Waals surface area (Å²) in [5.41, 5.74) is 1.29. The van der Waals surface area contributed by atoms with Crippen molar-refractivity contribution in [3.8, 4) is 6.07 Å². The molecule has 0 atom stereocenters. The summed E-state index contributed by atoms with van der Waals surface area (Å²) in [6.45, 7) is 1.79. The van der Waals surface area contributed by atoms with Crippen LogP contribution in [0.1, 0.15) is 17.7 Å². The van der Waals surface area contributed by atoms with Crippen LogP contribution in [0.25, 0.3) is 0 Å². The Morgan fingerprint density at radius 2 is 2.38 bits per heavy atom. The van der Waals surface area contributed by atoms with Gasteiger partial charge in [0.25, 0.3) is 0 Å². The number of hydrogen-bond acceptors (Lipinski definition) is 5. The minimum Gasteiger partial charge on any atom is -0.469 e. The molecule has 1 aromatic rings. The fraction of sp³-hybridized carbons (Fsp3) is 0.500. The summed E-state index contributed by atoms with van der Waals surface area (Å²) in [5, 5.41) is 13.9. The summed E-state index contributed by atoms with van der Waals surface area (Å²) in [5.74, 6) is 0.338. The Kier molecular flexibility index (Phi) is 4.38. The lowest BCUT2D eigenvalue weighted by Gasteiger charge is -2.01. The normalized spacial score (nSPS) is 9.88. The number of hydrogen-bond donors (Lipinski definition) is 0. The van der Waals surface area contributed by atoms with Crippen LogP contribution in [-0.2, 0) is 16.6 Å². The van der Waals surface area contributed by atoms with Crippen molar-refractivity contribution in [2.75, 3.05) is 12.9 Å². The first kappa shape index (κ1) is 12.6. The average molecular weight is 239 g/mol. The fourth-order valence-electron chi connectivity index (χ4n) is 1.26. The van der Waals surface area contributed by atoms with Crippen LogP contribution in [0.2, 0.25) is 0 Å². The van der Waals surface area contributed by atoms with E-state index in [1.54, 1.807) is 18.7 Å². The molecule has 1 heterocycles. The zero-order valence-corrected chi connectivity index (χ0v) is 10.3. The van der Waals surface area contributed by atoms with Gasteiger partial charge in [0.05, 0.1) is 19.2 Å². The number of carbonyl (C=O) groups is 1. The first-order valence-corrected chi connectivity index (χ1v) is 5.72. The number of carbonyl (C=O) groups excluding carboxylic acids is 1. The molecule has 16 heavy (non-hydrogen) atoms. The van der Waals surface area contributed by atoms with Crippen molar-refractivity contribution in [3.63, 3.8) is 0 Å². The zero-order chi connectivity index (χ0) is 12.1. The molecule has 0 amide bonds. The SMILES string of the molecule is COC(=O)CCSc1c(C#N)c(C)nn1C. The van der Waals surface area contributed by atoms with Crippen molar-refractivity contribution in [1.29, 1.82) is 5.26 Å². The van der Waals surface area contributed by atoms with Crippen molar-refractivity contribution in [2.45, 2.75) is 18.4 Å². The number of nitrogens with zero attached hydrogens (tertiary/aromatic N) is 3. The molecule has 5 nitrogen and oxygen atoms in total. The van der Waals surface area contributed by atoms with Crippen molar-refractivity contribution < 1.29 is 9.53 Å². The zero-order valence-electron chi connectivity index (χ0n) is 9.48. The van der Waals surface area contributed by atoms with E-state index in [1.165, 1.54) is 18.9 Å². The molecule has 6 heteroatoms. The van der Waals surface area contributed by atoms with E-state index in [4.69, 9.17) is 5.26 Å². The molecule has 0 spiro atoms. The summed E-state index contributed by atoms with van der Waals surface area (Å²) in [6.07, 6.45) is 0.330. The smallest absolute Gasteiger partial charge is 0.306 e. The Morgan fingerprint density at radius 3 is 2.94 bits per heavy atom. The maximum atomic E-state index is 10.9. The van der Waals surface area contributed by atoms with E-state index in [-0.39, 0.29) is 5.97 Å². The first-order valence-electron chi connectivity index (χ1n) is 4.73. The van der Waals surface area contributed by atoms with Crippen molar-refractivity contribution in [1.82, 2.24) is 9.78 Å². The standard InChI is InChI=1S/C10H13N3O2S/c1-7-8(6-11)10(13(2)12-7)16-5-4-9(14)15-3/h4-5H2,1-3H3. The Bertz CT molecular complexity index is 434. The van der Waals surface area contributed by atoms with E-state index in [0.29, 0.717) is 23.4 Å². The van der Waals surface area contributed by atoms with Crippen LogP contribution >= 0.6 is 11.8 Å². The summed E-state index contributed by atoms with van der Waals surface area (Å²) in [4.78, 5) is 10.9. The molecule has 0 radical (unpaired) electrons. The van der Waals surface area contributed by atoms with Gasteiger partial charge in [0.15, 0.2) is 0 Å². The van der Waals surface area contributed by atoms with E-state index in [1.807, 2.05) is 0 Å². The lowest BCUT2D eigenvalue weighted by molar-refractivity contribution is -0.140. The second kappa shape index (κ2) is 5.56. The quantitative estimate of drug-likeness (QED) is 0.584. The molecule has 1 aromatic heterocycles. The molecule has 86 valence electrons. The largest absolute Gasteiger partial charge is 0.469 e. The number of thioether (sulfide) groups is 1. The van der Waals surface area contributed by atoms with Gasteiger partial charge in [0.1, 0.15) is 16.7 Å². The Hall–Kier alpha value is -1.48. The molecule has 0 aliphatic carbocycles. The summed E-state index contributed by atoms with van der Waals surface area (Å²) in [7, 11) is 3.15. The second-order valence-electron chi connectivity index (χ2n) is 3.18. The van der Waals surface area contributed by atoms with E-state index in [9.17, 15) is 4.79 Å². The second-order valence-corrected chi connectivity index (χ2v) is 4.26. The maximum absolute atomic E-state index is 10.9. The highest BCUT2D eigenvalue weighted by atomic mass is 32.2. The number of nitriles is 1. The third-order valence-corrected chi connectivity index (χ3v) is 3.20. The molecule has 0 aliphatic rings. The average Bonchev–Trinajstić information content (AvgIpc) is 2.53. The van der Waals surface area contributed by atoms with Crippen LogP contribution < -0.4 is 0 Å². The van der Waals surface area contributed by atoms with Crippen molar-refractivity contribution in [3.05, 3.63) is 11.3 Å². The molecule has 1 rings (SSSR count). The van der Waals surface area contributed by atoms with Crippen LogP contribution in [0, 0.1) is 18.3 Å². The van der Waals surface area contributed by atoms with Gasteiger partial charge >= 0.3 is 5.97 Å². The lowest BCUT2D eigenvalue weighted by Crippen LogP contribution is -2.02. The number of aryl methyl sites for hydroxylation is 2. The first-order chi connectivity index (χ1) is 7.60. The van der Waals surface area contributed by atoms with Crippen LogP contribution in [-0.4, -0.2) is 28.6 Å². The van der Waals surface area contributed by atoms with Crippen LogP contribution in [0.4, 0.5) is 0 Å². The third kappa shape index (κ3) is 2.76. The number of aromatic nitrogens is 2. The van der Waals surface area contributed by atoms with E-state index in [2.05, 4.69) is 15.9 Å². The highest BCUT2D eigenvalue weighted by molar-refractivity contribution is 7.99. The van der Waals surface area contributed by atoms with Crippen LogP contribution in [0.15, 0.2) is 5.03 Å². The van der Waals surface area contributed by atoms with E-state index < -0.39 is 0 Å². The van der Waals surface area contributed by atoms with Crippen molar-refractivity contribution in [2.24, 2.45) is 7.05 Å². The van der Waals surface area contributed by atoms with Gasteiger partial charge in [-0.05, 0) is 6.92 Å². The molecule has 0 saturated carbocycles. The number of methoxy groups -OCH3 is 1. The third-order valence-electron chi connectivity index (χ3n) is 2.05. The molecule has 0 fully saturated rings. The molecule has 0 aliphatic heterocycles. The van der Waals surface area contributed by atoms with Crippen molar-refractivity contribution >= 4 is 17.7 Å². The molecular weight excluding hydrogens is 226 g/mol. The van der Waals surface area contributed by atoms with Gasteiger partial charge in [-0.3, -0.25) is 9.48 Å². The highest BCUT2D eigenvalue weighted by Crippen LogP contribution is 2.24. The Morgan fingerprint density at radius 1 is 1.69 bits per heavy atom. The Labute approximate surface area is 98.4 Å². The predicted molar refractivity (Wildman–Crippen MR) is 60.0 cm³/mol. The Balaban J connectivity index is 2.67. The van der Waals surface area contributed by atoms with Crippen LogP contribution in [0.3, 0.4) is 0 Å². The number of esters is 1. The van der Waals surface area contributed by atoms with E-state index in [0.717, 1.165) is 5.03 Å². The van der Waals surface area contributed by atoms with Crippen LogP contribution in [0.5, 0.6) is 0 Å². The number of ether oxygens (including phenoxy) is 1. The topological polar surface area (TPSA) is 67.9 Å². The molecule has 0 saturated heterocycles. The molecule has 0 unspecified atom stereocenters. The van der Waals surface area contributed by atoms with Gasteiger partial charge in [-0.15, -0.1) is 11.8 Å². The molecule has 0 bridgehead atoms. The summed E-state index contributed by atoms with van der Waals surface area (Å²) >= 11 is 1.44. The predicted octanol–water partition coefficient (Wildman–Crippen LogP) is 1.26. The van der Waals surface area contributed by atoms with Gasteiger partial charge in [-0.2, -0.15) is 10.4 Å². The van der Waals surface area contributed by atoms with Gasteiger partial charge in [-0.1, -0.05) is 0 Å². The summed E-state index contributed by atoms with van der Waals surface area (Å²) in [6, 6.07) is 2.12. The molecular formula is C10H13N3O2S. The lowest BCUT2D eigenvalue weighted by atomic mass is 10.3. The van der Waals surface area contributed by atoms with Gasteiger partial charge < -0.3 is 4.74 Å². The fourth-order valence-corrected chi connectivity index (χ4v) is 2.29. The molecule has 0 aromatic carbocycles. The minimum absolute atomic E-state index is 0.245.